The molecule has 0 bridgehead atoms. The molecule has 44 heavy (non-hydrogen) atoms. The highest BCUT2D eigenvalue weighted by atomic mass is 16.3. The van der Waals surface area contributed by atoms with Crippen LogP contribution in [0.15, 0.2) is 97.2 Å². The summed E-state index contributed by atoms with van der Waals surface area (Å²) in [6.07, 6.45) is 1.83. The summed E-state index contributed by atoms with van der Waals surface area (Å²) in [5.74, 6) is 1.34. The van der Waals surface area contributed by atoms with Crippen molar-refractivity contribution in [3.63, 3.8) is 0 Å². The van der Waals surface area contributed by atoms with E-state index in [0.29, 0.717) is 5.52 Å². The largest absolute Gasteiger partial charge is 0.505 e. The Kier molecular flexibility index (Phi) is 6.62. The van der Waals surface area contributed by atoms with E-state index in [-0.39, 0.29) is 11.7 Å². The molecule has 0 amide bonds. The fourth-order valence-electron chi connectivity index (χ4n) is 6.81. The van der Waals surface area contributed by atoms with Gasteiger partial charge in [0, 0.05) is 29.8 Å². The predicted molar refractivity (Wildman–Crippen MR) is 183 cm³/mol. The third-order valence-electron chi connectivity index (χ3n) is 8.79. The van der Waals surface area contributed by atoms with Crippen molar-refractivity contribution in [3.8, 4) is 28.1 Å². The van der Waals surface area contributed by atoms with Gasteiger partial charge < -0.3 is 10.0 Å². The lowest BCUT2D eigenvalue weighted by Crippen LogP contribution is -2.24. The van der Waals surface area contributed by atoms with E-state index in [0.717, 1.165) is 67.5 Å². The van der Waals surface area contributed by atoms with Crippen molar-refractivity contribution < 1.29 is 5.11 Å². The number of pyridine rings is 2. The quantitative estimate of drug-likeness (QED) is 0.226. The van der Waals surface area contributed by atoms with Crippen LogP contribution in [0.3, 0.4) is 0 Å². The number of fused-ring (bicyclic) bond motifs is 3. The maximum Gasteiger partial charge on any atom is 0.149 e. The number of para-hydroxylation sites is 2. The van der Waals surface area contributed by atoms with E-state index in [1.165, 1.54) is 11.1 Å². The molecule has 0 spiro atoms. The standard InChI is InChI=1S/C39H36N4O/c1-23(2)29-22-30(37-25(4)19-24(3)20-26(37)5)39(44)38-28(29)15-16-31(41-38)27-14-17-33-35(21-27)43(36-13-9-10-18-40-36)34-12-8-7-11-32(34)42(33)6/h7-23,44H,1-6H3. The number of rotatable bonds is 4. The molecule has 218 valence electrons. The molecule has 0 aliphatic carbocycles. The van der Waals surface area contributed by atoms with Crippen LogP contribution in [0.2, 0.25) is 0 Å². The molecule has 1 N–H and O–H groups in total. The molecule has 0 unspecified atom stereocenters. The van der Waals surface area contributed by atoms with Crippen LogP contribution in [0.5, 0.6) is 5.75 Å². The number of hydrogen-bond donors (Lipinski definition) is 1. The zero-order chi connectivity index (χ0) is 30.7. The van der Waals surface area contributed by atoms with Gasteiger partial charge in [0.25, 0.3) is 0 Å². The molecule has 1 aliphatic heterocycles. The lowest BCUT2D eigenvalue weighted by atomic mass is 9.88. The number of aryl methyl sites for hydroxylation is 3. The van der Waals surface area contributed by atoms with Crippen molar-refractivity contribution in [2.75, 3.05) is 16.8 Å². The van der Waals surface area contributed by atoms with Gasteiger partial charge in [0.05, 0.1) is 28.4 Å². The summed E-state index contributed by atoms with van der Waals surface area (Å²) in [4.78, 5) is 14.3. The lowest BCUT2D eigenvalue weighted by molar-refractivity contribution is 0.482. The van der Waals surface area contributed by atoms with Crippen LogP contribution in [0.4, 0.5) is 28.6 Å². The van der Waals surface area contributed by atoms with Crippen molar-refractivity contribution >= 4 is 39.5 Å². The SMILES string of the molecule is Cc1cc(C)c(-c2cc(C(C)C)c3ccc(-c4ccc5c(c4)N(c4ccccn4)c4ccccc4N5C)nc3c2O)c(C)c1. The monoisotopic (exact) mass is 576 g/mol. The average Bonchev–Trinajstić information content (AvgIpc) is 3.02. The first-order valence-corrected chi connectivity index (χ1v) is 15.2. The summed E-state index contributed by atoms with van der Waals surface area (Å²) in [6.45, 7) is 10.7. The summed E-state index contributed by atoms with van der Waals surface area (Å²) < 4.78 is 0. The minimum Gasteiger partial charge on any atom is -0.505 e. The van der Waals surface area contributed by atoms with Crippen molar-refractivity contribution in [1.82, 2.24) is 9.97 Å². The fourth-order valence-corrected chi connectivity index (χ4v) is 6.81. The fraction of sp³-hybridized carbons (Fsp3) is 0.179. The van der Waals surface area contributed by atoms with Gasteiger partial charge in [0.1, 0.15) is 17.1 Å². The molecule has 0 fully saturated rings. The first kappa shape index (κ1) is 27.7. The average molecular weight is 577 g/mol. The van der Waals surface area contributed by atoms with Crippen LogP contribution in [0.25, 0.3) is 33.3 Å². The van der Waals surface area contributed by atoms with E-state index < -0.39 is 0 Å². The van der Waals surface area contributed by atoms with Crippen LogP contribution in [0, 0.1) is 20.8 Å². The zero-order valence-electron chi connectivity index (χ0n) is 26.1. The molecule has 2 aromatic heterocycles. The van der Waals surface area contributed by atoms with E-state index in [2.05, 4.69) is 124 Å². The van der Waals surface area contributed by atoms with Crippen LogP contribution in [0.1, 0.15) is 42.0 Å². The van der Waals surface area contributed by atoms with Gasteiger partial charge in [-0.3, -0.25) is 4.90 Å². The molecule has 1 aliphatic rings. The van der Waals surface area contributed by atoms with Crippen molar-refractivity contribution in [2.24, 2.45) is 0 Å². The molecule has 0 radical (unpaired) electrons. The van der Waals surface area contributed by atoms with Gasteiger partial charge in [-0.25, -0.2) is 9.97 Å². The van der Waals surface area contributed by atoms with Gasteiger partial charge in [-0.05, 0) is 97.5 Å². The maximum absolute atomic E-state index is 11.8. The van der Waals surface area contributed by atoms with E-state index in [1.807, 2.05) is 24.4 Å². The summed E-state index contributed by atoms with van der Waals surface area (Å²) >= 11 is 0. The van der Waals surface area contributed by atoms with Gasteiger partial charge >= 0.3 is 0 Å². The molecule has 0 saturated carbocycles. The Hall–Kier alpha value is -5.16. The Balaban J connectivity index is 1.43. The summed E-state index contributed by atoms with van der Waals surface area (Å²) in [6, 6.07) is 31.5. The van der Waals surface area contributed by atoms with E-state index in [9.17, 15) is 5.11 Å². The van der Waals surface area contributed by atoms with Gasteiger partial charge in [-0.2, -0.15) is 0 Å². The van der Waals surface area contributed by atoms with E-state index in [1.54, 1.807) is 0 Å². The van der Waals surface area contributed by atoms with Crippen LogP contribution < -0.4 is 9.80 Å². The van der Waals surface area contributed by atoms with Crippen molar-refractivity contribution in [1.29, 1.82) is 0 Å². The molecule has 7 rings (SSSR count). The number of aromatic hydroxyl groups is 1. The first-order valence-electron chi connectivity index (χ1n) is 15.2. The number of nitrogens with zero attached hydrogens (tertiary/aromatic N) is 4. The van der Waals surface area contributed by atoms with Crippen LogP contribution in [-0.2, 0) is 0 Å². The Bertz CT molecular complexity index is 2040. The Morgan fingerprint density at radius 2 is 1.43 bits per heavy atom. The Labute approximate surface area is 259 Å². The molecule has 0 saturated heterocycles. The highest BCUT2D eigenvalue weighted by molar-refractivity contribution is 6.00. The summed E-state index contributed by atoms with van der Waals surface area (Å²) in [7, 11) is 2.10. The second kappa shape index (κ2) is 10.5. The molecule has 6 aromatic rings. The zero-order valence-corrected chi connectivity index (χ0v) is 26.1. The third-order valence-corrected chi connectivity index (χ3v) is 8.79. The number of aromatic nitrogens is 2. The number of benzene rings is 4. The Morgan fingerprint density at radius 1 is 0.727 bits per heavy atom. The molecular weight excluding hydrogens is 540 g/mol. The first-order chi connectivity index (χ1) is 21.2. The van der Waals surface area contributed by atoms with Crippen molar-refractivity contribution in [2.45, 2.75) is 40.5 Å². The van der Waals surface area contributed by atoms with Gasteiger partial charge in [0.2, 0.25) is 0 Å². The Morgan fingerprint density at radius 3 is 2.14 bits per heavy atom. The topological polar surface area (TPSA) is 52.5 Å². The van der Waals surface area contributed by atoms with E-state index >= 15 is 0 Å². The van der Waals surface area contributed by atoms with E-state index in [4.69, 9.17) is 9.97 Å². The van der Waals surface area contributed by atoms with Crippen LogP contribution in [-0.4, -0.2) is 22.1 Å². The van der Waals surface area contributed by atoms with Gasteiger partial charge in [0.15, 0.2) is 0 Å². The number of phenols is 1. The third kappa shape index (κ3) is 4.39. The molecule has 0 atom stereocenters. The molecule has 5 nitrogen and oxygen atoms in total. The predicted octanol–water partition coefficient (Wildman–Crippen LogP) is 10.3. The number of hydrogen-bond acceptors (Lipinski definition) is 5. The van der Waals surface area contributed by atoms with Gasteiger partial charge in [-0.1, -0.05) is 61.9 Å². The van der Waals surface area contributed by atoms with Crippen LogP contribution >= 0.6 is 0 Å². The smallest absolute Gasteiger partial charge is 0.149 e. The number of anilines is 5. The maximum atomic E-state index is 11.8. The summed E-state index contributed by atoms with van der Waals surface area (Å²) in [5.41, 5.74) is 13.3. The molecule has 4 aromatic carbocycles. The molecule has 5 heteroatoms. The minimum absolute atomic E-state index is 0.225. The highest BCUT2D eigenvalue weighted by Crippen LogP contribution is 2.51. The lowest BCUT2D eigenvalue weighted by Gasteiger charge is -2.38. The number of phenolic OH excluding ortho intramolecular Hbond substituents is 1. The second-order valence-electron chi connectivity index (χ2n) is 12.2. The summed E-state index contributed by atoms with van der Waals surface area (Å²) in [5, 5.41) is 12.8. The second-order valence-corrected chi connectivity index (χ2v) is 12.2. The molecule has 3 heterocycles. The minimum atomic E-state index is 0.225. The normalized spacial score (nSPS) is 12.5. The molecular formula is C39H36N4O. The van der Waals surface area contributed by atoms with Gasteiger partial charge in [-0.15, -0.1) is 0 Å². The highest BCUT2D eigenvalue weighted by Gasteiger charge is 2.28. The van der Waals surface area contributed by atoms with Crippen molar-refractivity contribution in [3.05, 3.63) is 119 Å².